The zero-order valence-electron chi connectivity index (χ0n) is 14.6. The van der Waals surface area contributed by atoms with Gasteiger partial charge in [-0.05, 0) is 58.4 Å². The summed E-state index contributed by atoms with van der Waals surface area (Å²) in [4.78, 5) is 16.6. The Morgan fingerprint density at radius 3 is 2.43 bits per heavy atom. The molecule has 130 valence electrons. The molecule has 0 spiro atoms. The molecule has 0 aliphatic carbocycles. The number of hydrogen-bond donors (Lipinski definition) is 1. The highest BCUT2D eigenvalue weighted by Gasteiger charge is 2.11. The van der Waals surface area contributed by atoms with Crippen LogP contribution in [0.25, 0.3) is 0 Å². The van der Waals surface area contributed by atoms with E-state index < -0.39 is 0 Å². The van der Waals surface area contributed by atoms with Crippen molar-refractivity contribution in [3.8, 4) is 5.75 Å². The van der Waals surface area contributed by atoms with Crippen LogP contribution in [0.5, 0.6) is 5.75 Å². The molecule has 0 radical (unpaired) electrons. The standard InChI is InChI=1S/C18H31N3O2/c1-3-19(4-2)14-16-13-17(22)18(23)15-21(16)12-8-7-11-20-9-5-6-10-20/h13,15,23H,3-12,14H2,1-2H3. The van der Waals surface area contributed by atoms with Gasteiger partial charge in [-0.2, -0.15) is 0 Å². The molecule has 1 saturated heterocycles. The van der Waals surface area contributed by atoms with Gasteiger partial charge in [0.25, 0.3) is 0 Å². The van der Waals surface area contributed by atoms with Crippen molar-refractivity contribution in [2.24, 2.45) is 0 Å². The predicted octanol–water partition coefficient (Wildman–Crippen LogP) is 2.27. The van der Waals surface area contributed by atoms with Gasteiger partial charge in [0.15, 0.2) is 5.75 Å². The minimum absolute atomic E-state index is 0.146. The molecule has 0 amide bonds. The molecular formula is C18H31N3O2. The average Bonchev–Trinajstić information content (AvgIpc) is 3.06. The van der Waals surface area contributed by atoms with E-state index in [1.165, 1.54) is 25.9 Å². The molecule has 2 heterocycles. The SMILES string of the molecule is CCN(CC)Cc1cc(=O)c(O)cn1CCCCN1CCCC1. The van der Waals surface area contributed by atoms with E-state index >= 15 is 0 Å². The first-order valence-corrected chi connectivity index (χ1v) is 9.01. The molecule has 2 rings (SSSR count). The summed E-state index contributed by atoms with van der Waals surface area (Å²) in [6, 6.07) is 1.59. The van der Waals surface area contributed by atoms with Crippen LogP contribution in [-0.4, -0.2) is 52.2 Å². The maximum Gasteiger partial charge on any atom is 0.223 e. The van der Waals surface area contributed by atoms with Gasteiger partial charge in [-0.1, -0.05) is 13.8 Å². The number of unbranched alkanes of at least 4 members (excludes halogenated alkanes) is 1. The zero-order valence-corrected chi connectivity index (χ0v) is 14.6. The van der Waals surface area contributed by atoms with Crippen molar-refractivity contribution in [3.63, 3.8) is 0 Å². The topological polar surface area (TPSA) is 48.7 Å². The van der Waals surface area contributed by atoms with Crippen LogP contribution in [0.15, 0.2) is 17.1 Å². The molecule has 1 aromatic heterocycles. The Kier molecular flexibility index (Phi) is 7.12. The average molecular weight is 321 g/mol. The number of pyridine rings is 1. The third-order valence-electron chi connectivity index (χ3n) is 4.80. The molecule has 1 fully saturated rings. The van der Waals surface area contributed by atoms with Crippen LogP contribution < -0.4 is 5.43 Å². The van der Waals surface area contributed by atoms with Crippen LogP contribution >= 0.6 is 0 Å². The second kappa shape index (κ2) is 9.08. The van der Waals surface area contributed by atoms with Gasteiger partial charge in [0.05, 0.1) is 6.20 Å². The molecule has 0 bridgehead atoms. The van der Waals surface area contributed by atoms with Crippen molar-refractivity contribution >= 4 is 0 Å². The summed E-state index contributed by atoms with van der Waals surface area (Å²) in [5, 5.41) is 9.75. The Hall–Kier alpha value is -1.33. The molecule has 5 heteroatoms. The number of rotatable bonds is 9. The fraction of sp³-hybridized carbons (Fsp3) is 0.722. The highest BCUT2D eigenvalue weighted by Crippen LogP contribution is 2.12. The Balaban J connectivity index is 1.94. The Bertz CT molecular complexity index is 532. The quantitative estimate of drug-likeness (QED) is 0.709. The maximum absolute atomic E-state index is 11.8. The number of hydrogen-bond acceptors (Lipinski definition) is 4. The maximum atomic E-state index is 11.8. The van der Waals surface area contributed by atoms with Crippen LogP contribution in [0.3, 0.4) is 0 Å². The van der Waals surface area contributed by atoms with E-state index in [-0.39, 0.29) is 11.2 Å². The van der Waals surface area contributed by atoms with E-state index in [2.05, 4.69) is 28.2 Å². The molecule has 0 atom stereocenters. The highest BCUT2D eigenvalue weighted by molar-refractivity contribution is 5.20. The molecule has 0 saturated carbocycles. The van der Waals surface area contributed by atoms with Crippen LogP contribution in [0, 0.1) is 0 Å². The lowest BCUT2D eigenvalue weighted by Crippen LogP contribution is -2.26. The largest absolute Gasteiger partial charge is 0.503 e. The number of nitrogens with zero attached hydrogens (tertiary/aromatic N) is 3. The second-order valence-electron chi connectivity index (χ2n) is 6.42. The van der Waals surface area contributed by atoms with Gasteiger partial charge in [0.2, 0.25) is 5.43 Å². The predicted molar refractivity (Wildman–Crippen MR) is 93.9 cm³/mol. The van der Waals surface area contributed by atoms with Crippen LogP contribution in [0.2, 0.25) is 0 Å². The Morgan fingerprint density at radius 1 is 1.13 bits per heavy atom. The first-order valence-electron chi connectivity index (χ1n) is 9.01. The van der Waals surface area contributed by atoms with Crippen LogP contribution in [0.1, 0.15) is 45.2 Å². The molecular weight excluding hydrogens is 290 g/mol. The third kappa shape index (κ3) is 5.36. The summed E-state index contributed by atoms with van der Waals surface area (Å²) in [7, 11) is 0. The van der Waals surface area contributed by atoms with Crippen molar-refractivity contribution in [1.29, 1.82) is 0 Å². The lowest BCUT2D eigenvalue weighted by atomic mass is 10.2. The van der Waals surface area contributed by atoms with Crippen LogP contribution in [-0.2, 0) is 13.1 Å². The van der Waals surface area contributed by atoms with Gasteiger partial charge in [-0.25, -0.2) is 0 Å². The Morgan fingerprint density at radius 2 is 1.78 bits per heavy atom. The van der Waals surface area contributed by atoms with E-state index in [1.807, 2.05) is 0 Å². The molecule has 0 unspecified atom stereocenters. The normalized spacial score (nSPS) is 15.6. The summed E-state index contributed by atoms with van der Waals surface area (Å²) in [5.74, 6) is -0.146. The molecule has 0 aromatic carbocycles. The van der Waals surface area contributed by atoms with Crippen molar-refractivity contribution in [2.75, 3.05) is 32.7 Å². The number of likely N-dealkylation sites (tertiary alicyclic amines) is 1. The van der Waals surface area contributed by atoms with Gasteiger partial charge in [0, 0.05) is 24.8 Å². The lowest BCUT2D eigenvalue weighted by Gasteiger charge is -2.22. The van der Waals surface area contributed by atoms with Crippen molar-refractivity contribution in [1.82, 2.24) is 14.4 Å². The monoisotopic (exact) mass is 321 g/mol. The first kappa shape index (κ1) is 18.0. The lowest BCUT2D eigenvalue weighted by molar-refractivity contribution is 0.284. The van der Waals surface area contributed by atoms with Gasteiger partial charge in [0.1, 0.15) is 0 Å². The van der Waals surface area contributed by atoms with E-state index in [4.69, 9.17) is 0 Å². The fourth-order valence-corrected chi connectivity index (χ4v) is 3.25. The summed E-state index contributed by atoms with van der Waals surface area (Å²) in [6.07, 6.45) is 6.52. The molecule has 1 aromatic rings. The van der Waals surface area contributed by atoms with Gasteiger partial charge in [-0.3, -0.25) is 9.69 Å². The molecule has 1 N–H and O–H groups in total. The van der Waals surface area contributed by atoms with Gasteiger partial charge >= 0.3 is 0 Å². The summed E-state index contributed by atoms with van der Waals surface area (Å²) in [6.45, 7) is 11.4. The Labute approximate surface area is 139 Å². The second-order valence-corrected chi connectivity index (χ2v) is 6.42. The van der Waals surface area contributed by atoms with E-state index in [9.17, 15) is 9.90 Å². The smallest absolute Gasteiger partial charge is 0.223 e. The van der Waals surface area contributed by atoms with Crippen molar-refractivity contribution < 1.29 is 5.11 Å². The van der Waals surface area contributed by atoms with Gasteiger partial charge < -0.3 is 14.6 Å². The van der Waals surface area contributed by atoms with E-state index in [1.54, 1.807) is 12.3 Å². The summed E-state index contributed by atoms with van der Waals surface area (Å²) >= 11 is 0. The summed E-state index contributed by atoms with van der Waals surface area (Å²) < 4.78 is 2.05. The van der Waals surface area contributed by atoms with Gasteiger partial charge in [-0.15, -0.1) is 0 Å². The molecule has 1 aliphatic heterocycles. The minimum Gasteiger partial charge on any atom is -0.503 e. The minimum atomic E-state index is -0.277. The third-order valence-corrected chi connectivity index (χ3v) is 4.80. The van der Waals surface area contributed by atoms with E-state index in [0.717, 1.165) is 51.3 Å². The first-order chi connectivity index (χ1) is 11.1. The zero-order chi connectivity index (χ0) is 16.7. The van der Waals surface area contributed by atoms with E-state index in [0.29, 0.717) is 0 Å². The van der Waals surface area contributed by atoms with Crippen molar-refractivity contribution in [3.05, 3.63) is 28.2 Å². The number of aromatic hydroxyl groups is 1. The molecule has 1 aliphatic rings. The fourth-order valence-electron chi connectivity index (χ4n) is 3.25. The molecule has 23 heavy (non-hydrogen) atoms. The summed E-state index contributed by atoms with van der Waals surface area (Å²) in [5.41, 5.74) is 0.721. The highest BCUT2D eigenvalue weighted by atomic mass is 16.3. The number of aryl methyl sites for hydroxylation is 1. The van der Waals surface area contributed by atoms with Crippen LogP contribution in [0.4, 0.5) is 0 Å². The molecule has 5 nitrogen and oxygen atoms in total. The van der Waals surface area contributed by atoms with Crippen molar-refractivity contribution in [2.45, 2.75) is 52.6 Å². The number of aromatic nitrogens is 1.